The van der Waals surface area contributed by atoms with Crippen LogP contribution in [0, 0.1) is 0 Å². The second-order valence-electron chi connectivity index (χ2n) is 3.98. The fraction of sp³-hybridized carbons (Fsp3) is 0.700. The van der Waals surface area contributed by atoms with Crippen LogP contribution in [0.4, 0.5) is 0 Å². The van der Waals surface area contributed by atoms with E-state index in [1.807, 2.05) is 0 Å². The minimum absolute atomic E-state index is 0. The summed E-state index contributed by atoms with van der Waals surface area (Å²) in [5, 5.41) is 8.08. The van der Waals surface area contributed by atoms with Gasteiger partial charge in [-0.15, -0.1) is 12.4 Å². The molecule has 0 bridgehead atoms. The lowest BCUT2D eigenvalue weighted by Crippen LogP contribution is -2.28. The van der Waals surface area contributed by atoms with Gasteiger partial charge in [-0.2, -0.15) is 5.10 Å². The Morgan fingerprint density at radius 2 is 2.07 bits per heavy atom. The van der Waals surface area contributed by atoms with Crippen LogP contribution >= 0.6 is 12.4 Å². The normalized spacial score (nSPS) is 19.4. The summed E-state index contributed by atoms with van der Waals surface area (Å²) >= 11 is 0. The van der Waals surface area contributed by atoms with E-state index in [1.54, 1.807) is 5.56 Å². The third kappa shape index (κ3) is 1.44. The number of aromatic nitrogens is 2. The topological polar surface area (TPSA) is 29.9 Å². The highest BCUT2D eigenvalue weighted by Crippen LogP contribution is 2.24. The number of aryl methyl sites for hydroxylation is 1. The van der Waals surface area contributed by atoms with E-state index in [0.29, 0.717) is 0 Å². The molecule has 0 saturated heterocycles. The van der Waals surface area contributed by atoms with Gasteiger partial charge in [-0.05, 0) is 31.2 Å². The van der Waals surface area contributed by atoms with Gasteiger partial charge in [-0.3, -0.25) is 4.68 Å². The Morgan fingerprint density at radius 3 is 3.00 bits per heavy atom. The smallest absolute Gasteiger partial charge is 0.0660 e. The average molecular weight is 214 g/mol. The zero-order chi connectivity index (χ0) is 8.67. The SMILES string of the molecule is C1CCc2c(nn3c2CNCC3)C1.Cl. The van der Waals surface area contributed by atoms with Gasteiger partial charge in [0.1, 0.15) is 0 Å². The van der Waals surface area contributed by atoms with Crippen LogP contribution in [0.1, 0.15) is 29.8 Å². The van der Waals surface area contributed by atoms with Crippen molar-refractivity contribution in [3.05, 3.63) is 17.0 Å². The van der Waals surface area contributed by atoms with Gasteiger partial charge < -0.3 is 5.32 Å². The monoisotopic (exact) mass is 213 g/mol. The first-order valence-corrected chi connectivity index (χ1v) is 5.23. The van der Waals surface area contributed by atoms with Crippen molar-refractivity contribution in [2.24, 2.45) is 0 Å². The van der Waals surface area contributed by atoms with Crippen LogP contribution in [0.5, 0.6) is 0 Å². The largest absolute Gasteiger partial charge is 0.309 e. The molecular formula is C10H16ClN3. The summed E-state index contributed by atoms with van der Waals surface area (Å²) in [4.78, 5) is 0. The fourth-order valence-corrected chi connectivity index (χ4v) is 2.45. The van der Waals surface area contributed by atoms with Gasteiger partial charge in [0.05, 0.1) is 17.9 Å². The quantitative estimate of drug-likeness (QED) is 0.704. The van der Waals surface area contributed by atoms with Crippen molar-refractivity contribution in [2.45, 2.75) is 38.8 Å². The molecule has 4 heteroatoms. The van der Waals surface area contributed by atoms with Crippen molar-refractivity contribution in [3.63, 3.8) is 0 Å². The second kappa shape index (κ2) is 3.91. The molecule has 1 aromatic heterocycles. The molecule has 1 aromatic rings. The van der Waals surface area contributed by atoms with Crippen molar-refractivity contribution in [2.75, 3.05) is 6.54 Å². The molecule has 14 heavy (non-hydrogen) atoms. The average Bonchev–Trinajstić information content (AvgIpc) is 2.56. The highest BCUT2D eigenvalue weighted by atomic mass is 35.5. The summed E-state index contributed by atoms with van der Waals surface area (Å²) in [5.74, 6) is 0. The molecule has 0 radical (unpaired) electrons. The van der Waals surface area contributed by atoms with E-state index in [2.05, 4.69) is 15.1 Å². The predicted octanol–water partition coefficient (Wildman–Crippen LogP) is 1.29. The Balaban J connectivity index is 0.000000750. The minimum atomic E-state index is 0. The Kier molecular flexibility index (Phi) is 2.79. The van der Waals surface area contributed by atoms with E-state index in [0.717, 1.165) is 19.6 Å². The van der Waals surface area contributed by atoms with Crippen LogP contribution in [0.3, 0.4) is 0 Å². The van der Waals surface area contributed by atoms with Gasteiger partial charge in [-0.1, -0.05) is 0 Å². The number of hydrogen-bond donors (Lipinski definition) is 1. The van der Waals surface area contributed by atoms with E-state index in [1.165, 1.54) is 37.1 Å². The first-order chi connectivity index (χ1) is 6.45. The third-order valence-electron chi connectivity index (χ3n) is 3.13. The van der Waals surface area contributed by atoms with Crippen LogP contribution in [0.25, 0.3) is 0 Å². The number of rotatable bonds is 0. The van der Waals surface area contributed by atoms with Crippen LogP contribution in [-0.2, 0) is 25.9 Å². The summed E-state index contributed by atoms with van der Waals surface area (Å²) in [5.41, 5.74) is 4.39. The molecule has 0 spiro atoms. The minimum Gasteiger partial charge on any atom is -0.309 e. The van der Waals surface area contributed by atoms with Gasteiger partial charge in [0.25, 0.3) is 0 Å². The first kappa shape index (κ1) is 9.99. The van der Waals surface area contributed by atoms with Crippen molar-refractivity contribution in [1.29, 1.82) is 0 Å². The number of fused-ring (bicyclic) bond motifs is 3. The molecule has 0 aromatic carbocycles. The summed E-state index contributed by atoms with van der Waals surface area (Å²) in [6.07, 6.45) is 5.14. The van der Waals surface area contributed by atoms with Crippen molar-refractivity contribution in [3.8, 4) is 0 Å². The number of halogens is 1. The lowest BCUT2D eigenvalue weighted by Gasteiger charge is -2.16. The fourth-order valence-electron chi connectivity index (χ4n) is 2.45. The van der Waals surface area contributed by atoms with Crippen LogP contribution in [0.2, 0.25) is 0 Å². The molecule has 3 rings (SSSR count). The third-order valence-corrected chi connectivity index (χ3v) is 3.13. The molecule has 0 atom stereocenters. The number of hydrogen-bond acceptors (Lipinski definition) is 2. The van der Waals surface area contributed by atoms with E-state index >= 15 is 0 Å². The summed E-state index contributed by atoms with van der Waals surface area (Å²) in [6.45, 7) is 3.16. The van der Waals surface area contributed by atoms with Gasteiger partial charge in [-0.25, -0.2) is 0 Å². The Bertz CT molecular complexity index is 302. The van der Waals surface area contributed by atoms with E-state index in [9.17, 15) is 0 Å². The molecule has 2 heterocycles. The molecule has 0 unspecified atom stereocenters. The van der Waals surface area contributed by atoms with E-state index < -0.39 is 0 Å². The van der Waals surface area contributed by atoms with Gasteiger partial charge >= 0.3 is 0 Å². The van der Waals surface area contributed by atoms with Gasteiger partial charge in [0.2, 0.25) is 0 Å². The van der Waals surface area contributed by atoms with Crippen molar-refractivity contribution in [1.82, 2.24) is 15.1 Å². The van der Waals surface area contributed by atoms with E-state index in [4.69, 9.17) is 0 Å². The molecule has 0 amide bonds. The lowest BCUT2D eigenvalue weighted by molar-refractivity contribution is 0.472. The maximum Gasteiger partial charge on any atom is 0.0660 e. The highest BCUT2D eigenvalue weighted by molar-refractivity contribution is 5.85. The summed E-state index contributed by atoms with van der Waals surface area (Å²) < 4.78 is 2.21. The molecule has 3 nitrogen and oxygen atoms in total. The highest BCUT2D eigenvalue weighted by Gasteiger charge is 2.21. The Hall–Kier alpha value is -0.540. The van der Waals surface area contributed by atoms with Crippen LogP contribution in [-0.4, -0.2) is 16.3 Å². The summed E-state index contributed by atoms with van der Waals surface area (Å²) in [7, 11) is 0. The molecule has 1 N–H and O–H groups in total. The predicted molar refractivity (Wildman–Crippen MR) is 57.8 cm³/mol. The van der Waals surface area contributed by atoms with Gasteiger partial charge in [0.15, 0.2) is 0 Å². The molecule has 0 saturated carbocycles. The first-order valence-electron chi connectivity index (χ1n) is 5.23. The van der Waals surface area contributed by atoms with Crippen molar-refractivity contribution < 1.29 is 0 Å². The number of nitrogens with zero attached hydrogens (tertiary/aromatic N) is 2. The molecule has 78 valence electrons. The molecule has 1 aliphatic carbocycles. The summed E-state index contributed by atoms with van der Waals surface area (Å²) in [6, 6.07) is 0. The lowest BCUT2D eigenvalue weighted by atomic mass is 9.96. The molecule has 1 aliphatic heterocycles. The van der Waals surface area contributed by atoms with Gasteiger partial charge in [0, 0.05) is 13.1 Å². The Labute approximate surface area is 90.3 Å². The zero-order valence-electron chi connectivity index (χ0n) is 8.25. The molecule has 2 aliphatic rings. The molecule has 0 fully saturated rings. The van der Waals surface area contributed by atoms with Crippen LogP contribution in [0.15, 0.2) is 0 Å². The van der Waals surface area contributed by atoms with E-state index in [-0.39, 0.29) is 12.4 Å². The zero-order valence-corrected chi connectivity index (χ0v) is 9.07. The maximum atomic E-state index is 4.67. The van der Waals surface area contributed by atoms with Crippen LogP contribution < -0.4 is 5.32 Å². The standard InChI is InChI=1S/C10H15N3.ClH/c1-2-4-9-8(3-1)10-7-11-5-6-13(10)12-9;/h11H,1-7H2;1H. The maximum absolute atomic E-state index is 4.67. The molecular weight excluding hydrogens is 198 g/mol. The second-order valence-corrected chi connectivity index (χ2v) is 3.98. The Morgan fingerprint density at radius 1 is 1.21 bits per heavy atom. The number of nitrogens with one attached hydrogen (secondary N) is 1. The van der Waals surface area contributed by atoms with Crippen molar-refractivity contribution >= 4 is 12.4 Å².